The Labute approximate surface area is 108 Å². The number of nitrogens with zero attached hydrogens (tertiary/aromatic N) is 3. The molecule has 0 bridgehead atoms. The van der Waals surface area contributed by atoms with Gasteiger partial charge in [-0.15, -0.1) is 10.2 Å². The van der Waals surface area contributed by atoms with Crippen molar-refractivity contribution >= 4 is 5.91 Å². The van der Waals surface area contributed by atoms with Crippen molar-refractivity contribution < 1.29 is 9.21 Å². The first-order valence-electron chi connectivity index (χ1n) is 6.72. The number of rotatable bonds is 3. The molecule has 0 radical (unpaired) electrons. The van der Waals surface area contributed by atoms with Crippen LogP contribution >= 0.6 is 0 Å². The summed E-state index contributed by atoms with van der Waals surface area (Å²) < 4.78 is 5.68. The van der Waals surface area contributed by atoms with E-state index in [4.69, 9.17) is 4.42 Å². The molecule has 100 valence electrons. The van der Waals surface area contributed by atoms with E-state index in [1.54, 1.807) is 0 Å². The molecular formula is C13H21N3O2. The summed E-state index contributed by atoms with van der Waals surface area (Å²) in [6.07, 6.45) is 2.43. The largest absolute Gasteiger partial charge is 0.425 e. The Morgan fingerprint density at radius 2 is 2.06 bits per heavy atom. The van der Waals surface area contributed by atoms with Gasteiger partial charge in [0.2, 0.25) is 17.7 Å². The van der Waals surface area contributed by atoms with E-state index in [1.165, 1.54) is 0 Å². The number of carbonyl (C=O) groups is 1. The summed E-state index contributed by atoms with van der Waals surface area (Å²) in [7, 11) is 0. The molecule has 1 aromatic rings. The van der Waals surface area contributed by atoms with Gasteiger partial charge >= 0.3 is 0 Å². The molecule has 0 aliphatic carbocycles. The molecule has 18 heavy (non-hydrogen) atoms. The van der Waals surface area contributed by atoms with Crippen LogP contribution in [0.3, 0.4) is 0 Å². The zero-order valence-corrected chi connectivity index (χ0v) is 11.3. The molecule has 0 unspecified atom stereocenters. The normalized spacial score (nSPS) is 17.4. The third-order valence-corrected chi connectivity index (χ3v) is 3.45. The molecule has 2 rings (SSSR count). The fourth-order valence-electron chi connectivity index (χ4n) is 2.24. The second-order valence-corrected chi connectivity index (χ2v) is 5.14. The van der Waals surface area contributed by atoms with E-state index in [0.717, 1.165) is 31.8 Å². The van der Waals surface area contributed by atoms with Crippen molar-refractivity contribution in [3.63, 3.8) is 0 Å². The number of likely N-dealkylation sites (tertiary alicyclic amines) is 1. The Balaban J connectivity index is 1.94. The van der Waals surface area contributed by atoms with Crippen LogP contribution in [0.2, 0.25) is 0 Å². The van der Waals surface area contributed by atoms with Crippen LogP contribution in [0.4, 0.5) is 0 Å². The predicted octanol–water partition coefficient (Wildman–Crippen LogP) is 2.31. The van der Waals surface area contributed by atoms with Crippen LogP contribution in [-0.4, -0.2) is 34.1 Å². The second kappa shape index (κ2) is 5.50. The first kappa shape index (κ1) is 13.1. The second-order valence-electron chi connectivity index (χ2n) is 5.14. The summed E-state index contributed by atoms with van der Waals surface area (Å²) in [6.45, 7) is 7.59. The van der Waals surface area contributed by atoms with E-state index in [1.807, 2.05) is 25.7 Å². The van der Waals surface area contributed by atoms with Gasteiger partial charge in [-0.2, -0.15) is 0 Å². The average molecular weight is 251 g/mol. The fraction of sp³-hybridized carbons (Fsp3) is 0.769. The minimum atomic E-state index is 0.238. The quantitative estimate of drug-likeness (QED) is 0.827. The van der Waals surface area contributed by atoms with Crippen LogP contribution in [0.25, 0.3) is 0 Å². The molecule has 5 heteroatoms. The number of amides is 1. The van der Waals surface area contributed by atoms with Gasteiger partial charge in [0.1, 0.15) is 0 Å². The number of carbonyl (C=O) groups excluding carboxylic acids is 1. The predicted molar refractivity (Wildman–Crippen MR) is 67.2 cm³/mol. The maximum absolute atomic E-state index is 11.6. The van der Waals surface area contributed by atoms with Crippen molar-refractivity contribution in [2.24, 2.45) is 0 Å². The zero-order valence-electron chi connectivity index (χ0n) is 11.3. The Morgan fingerprint density at radius 1 is 1.39 bits per heavy atom. The minimum absolute atomic E-state index is 0.238. The molecule has 0 saturated carbocycles. The third-order valence-electron chi connectivity index (χ3n) is 3.45. The van der Waals surface area contributed by atoms with Gasteiger partial charge in [0, 0.05) is 31.3 Å². The van der Waals surface area contributed by atoms with Crippen molar-refractivity contribution in [3.8, 4) is 0 Å². The molecular weight excluding hydrogens is 230 g/mol. The summed E-state index contributed by atoms with van der Waals surface area (Å²) >= 11 is 0. The summed E-state index contributed by atoms with van der Waals surface area (Å²) in [4.78, 5) is 13.5. The molecule has 0 aromatic carbocycles. The summed E-state index contributed by atoms with van der Waals surface area (Å²) in [5.74, 6) is 2.26. The number of hydrogen-bond acceptors (Lipinski definition) is 4. The monoisotopic (exact) mass is 251 g/mol. The van der Waals surface area contributed by atoms with Gasteiger partial charge in [0.05, 0.1) is 0 Å². The highest BCUT2D eigenvalue weighted by Gasteiger charge is 2.26. The summed E-state index contributed by atoms with van der Waals surface area (Å²) in [5.41, 5.74) is 0. The van der Waals surface area contributed by atoms with Crippen LogP contribution in [0.1, 0.15) is 63.7 Å². The highest BCUT2D eigenvalue weighted by Crippen LogP contribution is 2.28. The molecule has 0 spiro atoms. The number of aromatic nitrogens is 2. The van der Waals surface area contributed by atoms with Crippen LogP contribution in [0.5, 0.6) is 0 Å². The van der Waals surface area contributed by atoms with Gasteiger partial charge in [-0.25, -0.2) is 0 Å². The standard InChI is InChI=1S/C13H21N3O2/c1-4-11(17)16-7-5-10(6-8-16)13-15-14-12(18-13)9(2)3/h9-10H,4-8H2,1-3H3. The van der Waals surface area contributed by atoms with E-state index >= 15 is 0 Å². The first-order valence-corrected chi connectivity index (χ1v) is 6.72. The average Bonchev–Trinajstić information content (AvgIpc) is 2.88. The van der Waals surface area contributed by atoms with Crippen molar-refractivity contribution in [2.45, 2.75) is 51.9 Å². The van der Waals surface area contributed by atoms with Crippen LogP contribution in [0, 0.1) is 0 Å². The lowest BCUT2D eigenvalue weighted by Gasteiger charge is -2.30. The highest BCUT2D eigenvalue weighted by molar-refractivity contribution is 5.75. The Hall–Kier alpha value is -1.39. The van der Waals surface area contributed by atoms with E-state index in [-0.39, 0.29) is 11.8 Å². The van der Waals surface area contributed by atoms with Crippen molar-refractivity contribution in [2.75, 3.05) is 13.1 Å². The lowest BCUT2D eigenvalue weighted by molar-refractivity contribution is -0.131. The molecule has 1 aliphatic rings. The molecule has 0 atom stereocenters. The highest BCUT2D eigenvalue weighted by atomic mass is 16.4. The zero-order chi connectivity index (χ0) is 13.1. The minimum Gasteiger partial charge on any atom is -0.425 e. The maximum atomic E-state index is 11.6. The van der Waals surface area contributed by atoms with Crippen molar-refractivity contribution in [1.82, 2.24) is 15.1 Å². The Morgan fingerprint density at radius 3 is 2.56 bits per heavy atom. The van der Waals surface area contributed by atoms with Crippen molar-refractivity contribution in [1.29, 1.82) is 0 Å². The third kappa shape index (κ3) is 2.71. The molecule has 0 N–H and O–H groups in total. The smallest absolute Gasteiger partial charge is 0.222 e. The lowest BCUT2D eigenvalue weighted by atomic mass is 9.96. The molecule has 2 heterocycles. The van der Waals surface area contributed by atoms with E-state index < -0.39 is 0 Å². The lowest BCUT2D eigenvalue weighted by Crippen LogP contribution is -2.37. The van der Waals surface area contributed by atoms with Gasteiger partial charge in [0.15, 0.2) is 0 Å². The Bertz CT molecular complexity index is 406. The first-order chi connectivity index (χ1) is 8.61. The SMILES string of the molecule is CCC(=O)N1CCC(c2nnc(C(C)C)o2)CC1. The van der Waals surface area contributed by atoms with Gasteiger partial charge in [-0.1, -0.05) is 20.8 Å². The maximum Gasteiger partial charge on any atom is 0.222 e. The van der Waals surface area contributed by atoms with E-state index in [2.05, 4.69) is 10.2 Å². The molecule has 1 aliphatic heterocycles. The van der Waals surface area contributed by atoms with Crippen molar-refractivity contribution in [3.05, 3.63) is 11.8 Å². The van der Waals surface area contributed by atoms with Gasteiger partial charge in [0.25, 0.3) is 0 Å². The van der Waals surface area contributed by atoms with Gasteiger partial charge in [-0.05, 0) is 12.8 Å². The molecule has 1 saturated heterocycles. The van der Waals surface area contributed by atoms with Crippen LogP contribution in [-0.2, 0) is 4.79 Å². The van der Waals surface area contributed by atoms with E-state index in [9.17, 15) is 4.79 Å². The molecule has 5 nitrogen and oxygen atoms in total. The topological polar surface area (TPSA) is 59.2 Å². The molecule has 1 aromatic heterocycles. The number of piperidine rings is 1. The molecule has 1 amide bonds. The summed E-state index contributed by atoms with van der Waals surface area (Å²) in [6, 6.07) is 0. The van der Waals surface area contributed by atoms with Gasteiger partial charge < -0.3 is 9.32 Å². The fourth-order valence-corrected chi connectivity index (χ4v) is 2.24. The number of hydrogen-bond donors (Lipinski definition) is 0. The summed E-state index contributed by atoms with van der Waals surface area (Å²) in [5, 5.41) is 8.20. The Kier molecular flexibility index (Phi) is 3.99. The van der Waals surface area contributed by atoms with Gasteiger partial charge in [-0.3, -0.25) is 4.79 Å². The molecule has 1 fully saturated rings. The van der Waals surface area contributed by atoms with E-state index in [0.29, 0.717) is 18.2 Å². The van der Waals surface area contributed by atoms with Crippen LogP contribution in [0.15, 0.2) is 4.42 Å². The van der Waals surface area contributed by atoms with Crippen LogP contribution < -0.4 is 0 Å².